The molecule has 3 saturated heterocycles. The number of fused-ring (bicyclic) bond motifs is 1. The molecule has 3 unspecified atom stereocenters. The Labute approximate surface area is 227 Å². The number of likely N-dealkylation sites (tertiary alicyclic amines) is 1. The summed E-state index contributed by atoms with van der Waals surface area (Å²) in [6.45, 7) is 6.51. The summed E-state index contributed by atoms with van der Waals surface area (Å²) in [5.41, 5.74) is 5.97. The van der Waals surface area contributed by atoms with Gasteiger partial charge in [0, 0.05) is 36.9 Å². The molecule has 216 valence electrons. The van der Waals surface area contributed by atoms with Gasteiger partial charge in [0.05, 0.1) is 37.1 Å². The van der Waals surface area contributed by atoms with Crippen LogP contribution in [0, 0.1) is 17.3 Å². The molecule has 0 amide bonds. The fourth-order valence-corrected chi connectivity index (χ4v) is 7.48. The van der Waals surface area contributed by atoms with E-state index in [0.717, 1.165) is 64.7 Å². The van der Waals surface area contributed by atoms with Crippen molar-refractivity contribution in [3.8, 4) is 0 Å². The fourth-order valence-electron chi connectivity index (χ4n) is 7.48. The number of alkyl halides is 3. The van der Waals surface area contributed by atoms with Crippen LogP contribution in [0.3, 0.4) is 0 Å². The van der Waals surface area contributed by atoms with Crippen LogP contribution in [0.2, 0.25) is 0 Å². The SMILES string of the molecule is C[C@H]1CCCN(Cc2cc(C(F)(F)F)c3cn(C4CCCC(C5(CC6NNCN6C)COC5)C4)c(=O)n3c2)C1. The molecule has 5 heterocycles. The zero-order chi connectivity index (χ0) is 27.4. The van der Waals surface area contributed by atoms with E-state index >= 15 is 0 Å². The Morgan fingerprint density at radius 1 is 1.15 bits per heavy atom. The van der Waals surface area contributed by atoms with Crippen molar-refractivity contribution in [3.05, 3.63) is 40.1 Å². The van der Waals surface area contributed by atoms with Crippen molar-refractivity contribution >= 4 is 5.52 Å². The summed E-state index contributed by atoms with van der Waals surface area (Å²) in [6.07, 6.45) is 5.50. The number of hydrogen-bond donors (Lipinski definition) is 2. The molecule has 0 spiro atoms. The Kier molecular flexibility index (Phi) is 7.33. The molecule has 2 aromatic heterocycles. The third-order valence-corrected chi connectivity index (χ3v) is 9.72. The van der Waals surface area contributed by atoms with Crippen molar-refractivity contribution in [2.24, 2.45) is 17.3 Å². The van der Waals surface area contributed by atoms with E-state index in [2.05, 4.69) is 34.6 Å². The van der Waals surface area contributed by atoms with Crippen molar-refractivity contribution in [2.75, 3.05) is 40.0 Å². The number of nitrogens with zero attached hydrogens (tertiary/aromatic N) is 4. The van der Waals surface area contributed by atoms with Crippen LogP contribution in [0.4, 0.5) is 13.2 Å². The van der Waals surface area contributed by atoms with Crippen LogP contribution in [-0.4, -0.2) is 65.0 Å². The number of halogens is 3. The predicted octanol–water partition coefficient (Wildman–Crippen LogP) is 3.81. The molecule has 2 N–H and O–H groups in total. The standard InChI is InChI=1S/C28H41F3N6O2/c1-19-5-4-8-35(12-19)13-20-9-23(28(29,30)31)24-15-36(26(38)37(24)14-20)22-7-3-6-21(10-22)27(16-39-17-27)11-25-33-32-18-34(25)2/h9,14-15,19,21-22,25,32-33H,3-8,10-13,16-18H2,1-2H3/t19-,21?,22?,25?/m0/s1. The van der Waals surface area contributed by atoms with Crippen LogP contribution >= 0.6 is 0 Å². The Morgan fingerprint density at radius 3 is 2.64 bits per heavy atom. The van der Waals surface area contributed by atoms with Crippen LogP contribution < -0.4 is 16.5 Å². The lowest BCUT2D eigenvalue weighted by Gasteiger charge is -2.51. The normalized spacial score (nSPS) is 30.6. The zero-order valence-electron chi connectivity index (χ0n) is 23.0. The van der Waals surface area contributed by atoms with Gasteiger partial charge >= 0.3 is 11.9 Å². The van der Waals surface area contributed by atoms with Gasteiger partial charge in [-0.15, -0.1) is 0 Å². The molecule has 3 aliphatic heterocycles. The minimum absolute atomic E-state index is 0.0231. The summed E-state index contributed by atoms with van der Waals surface area (Å²) in [5, 5.41) is 0. The van der Waals surface area contributed by atoms with E-state index in [1.807, 2.05) is 0 Å². The minimum atomic E-state index is -4.54. The maximum atomic E-state index is 14.3. The summed E-state index contributed by atoms with van der Waals surface area (Å²) in [6, 6.07) is 1.13. The maximum absolute atomic E-state index is 14.3. The smallest absolute Gasteiger partial charge is 0.380 e. The summed E-state index contributed by atoms with van der Waals surface area (Å²) in [7, 11) is 2.08. The highest BCUT2D eigenvalue weighted by molar-refractivity contribution is 5.56. The number of nitrogens with one attached hydrogen (secondary N) is 2. The van der Waals surface area contributed by atoms with Crippen molar-refractivity contribution in [2.45, 2.75) is 76.8 Å². The monoisotopic (exact) mass is 550 g/mol. The highest BCUT2D eigenvalue weighted by Gasteiger charge is 2.49. The van der Waals surface area contributed by atoms with Crippen molar-refractivity contribution < 1.29 is 17.9 Å². The number of pyridine rings is 1. The molecule has 1 aliphatic carbocycles. The summed E-state index contributed by atoms with van der Waals surface area (Å²) in [4.78, 5) is 18.1. The number of hydrazine groups is 1. The van der Waals surface area contributed by atoms with Crippen molar-refractivity contribution in [1.29, 1.82) is 0 Å². The van der Waals surface area contributed by atoms with Crippen LogP contribution in [0.25, 0.3) is 5.52 Å². The fraction of sp³-hybridized carbons (Fsp3) is 0.750. The third-order valence-electron chi connectivity index (χ3n) is 9.72. The number of hydrogen-bond acceptors (Lipinski definition) is 6. The second-order valence-corrected chi connectivity index (χ2v) is 12.6. The molecule has 8 nitrogen and oxygen atoms in total. The molecule has 4 aliphatic rings. The molecule has 11 heteroatoms. The van der Waals surface area contributed by atoms with E-state index in [0.29, 0.717) is 37.2 Å². The van der Waals surface area contributed by atoms with Gasteiger partial charge in [0.15, 0.2) is 0 Å². The second-order valence-electron chi connectivity index (χ2n) is 12.6. The Bertz CT molecular complexity index is 1240. The first-order valence-corrected chi connectivity index (χ1v) is 14.4. The number of aromatic nitrogens is 2. The molecular weight excluding hydrogens is 509 g/mol. The van der Waals surface area contributed by atoms with Crippen LogP contribution in [0.15, 0.2) is 23.3 Å². The van der Waals surface area contributed by atoms with E-state index in [1.54, 1.807) is 10.8 Å². The molecule has 39 heavy (non-hydrogen) atoms. The average molecular weight is 551 g/mol. The van der Waals surface area contributed by atoms with E-state index < -0.39 is 11.7 Å². The van der Waals surface area contributed by atoms with Gasteiger partial charge in [0.2, 0.25) is 0 Å². The first-order chi connectivity index (χ1) is 18.6. The van der Waals surface area contributed by atoms with E-state index in [-0.39, 0.29) is 28.8 Å². The molecule has 0 radical (unpaired) electrons. The Morgan fingerprint density at radius 2 is 1.97 bits per heavy atom. The predicted molar refractivity (Wildman–Crippen MR) is 142 cm³/mol. The molecular formula is C28H41F3N6O2. The van der Waals surface area contributed by atoms with E-state index in [1.165, 1.54) is 16.7 Å². The molecule has 1 saturated carbocycles. The summed E-state index contributed by atoms with van der Waals surface area (Å²) in [5.74, 6) is 0.882. The number of imidazole rings is 1. The topological polar surface area (TPSA) is 66.2 Å². The van der Waals surface area contributed by atoms with Gasteiger partial charge in [0.1, 0.15) is 0 Å². The third kappa shape index (κ3) is 5.28. The van der Waals surface area contributed by atoms with Crippen LogP contribution in [0.1, 0.15) is 69.0 Å². The van der Waals surface area contributed by atoms with Crippen LogP contribution in [-0.2, 0) is 17.5 Å². The molecule has 6 rings (SSSR count). The van der Waals surface area contributed by atoms with Crippen molar-refractivity contribution in [3.63, 3.8) is 0 Å². The largest absolute Gasteiger partial charge is 0.418 e. The van der Waals surface area contributed by atoms with Gasteiger partial charge in [-0.2, -0.15) is 13.2 Å². The first kappa shape index (κ1) is 27.3. The summed E-state index contributed by atoms with van der Waals surface area (Å²) >= 11 is 0. The van der Waals surface area contributed by atoms with E-state index in [4.69, 9.17) is 4.74 Å². The highest BCUT2D eigenvalue weighted by Crippen LogP contribution is 2.49. The number of piperidine rings is 1. The molecule has 0 aromatic carbocycles. The van der Waals surface area contributed by atoms with Gasteiger partial charge in [-0.3, -0.25) is 18.8 Å². The lowest BCUT2D eigenvalue weighted by atomic mass is 9.64. The van der Waals surface area contributed by atoms with Gasteiger partial charge in [0.25, 0.3) is 0 Å². The van der Waals surface area contributed by atoms with Crippen molar-refractivity contribution in [1.82, 2.24) is 29.6 Å². The van der Waals surface area contributed by atoms with E-state index in [9.17, 15) is 18.0 Å². The Balaban J connectivity index is 1.29. The molecule has 4 fully saturated rings. The lowest BCUT2D eigenvalue weighted by molar-refractivity contribution is -0.167. The second kappa shape index (κ2) is 10.5. The number of ether oxygens (including phenoxy) is 1. The molecule has 2 aromatic rings. The maximum Gasteiger partial charge on any atom is 0.418 e. The van der Waals surface area contributed by atoms with Gasteiger partial charge < -0.3 is 4.74 Å². The van der Waals surface area contributed by atoms with Crippen LogP contribution in [0.5, 0.6) is 0 Å². The van der Waals surface area contributed by atoms with Gasteiger partial charge in [-0.05, 0) is 75.6 Å². The first-order valence-electron chi connectivity index (χ1n) is 14.4. The summed E-state index contributed by atoms with van der Waals surface area (Å²) < 4.78 is 51.3. The van der Waals surface area contributed by atoms with Gasteiger partial charge in [-0.25, -0.2) is 15.6 Å². The zero-order valence-corrected chi connectivity index (χ0v) is 23.0. The average Bonchev–Trinajstić information content (AvgIpc) is 3.43. The lowest BCUT2D eigenvalue weighted by Crippen LogP contribution is -2.54. The molecule has 4 atom stereocenters. The minimum Gasteiger partial charge on any atom is -0.380 e. The molecule has 0 bridgehead atoms. The Hall–Kier alpha value is -1.92. The quantitative estimate of drug-likeness (QED) is 0.571. The number of rotatable bonds is 6. The highest BCUT2D eigenvalue weighted by atomic mass is 19.4. The van der Waals surface area contributed by atoms with Gasteiger partial charge in [-0.1, -0.05) is 13.3 Å².